The number of rotatable bonds is 0. The molecule has 0 saturated heterocycles. The summed E-state index contributed by atoms with van der Waals surface area (Å²) in [6, 6.07) is 0. The molecule has 0 atom stereocenters. The van der Waals surface area contributed by atoms with Gasteiger partial charge in [0, 0.05) is 12.4 Å². The van der Waals surface area contributed by atoms with Gasteiger partial charge in [0.1, 0.15) is 0 Å². The lowest BCUT2D eigenvalue weighted by Crippen LogP contribution is -2.53. The van der Waals surface area contributed by atoms with Gasteiger partial charge in [-0.2, -0.15) is 0 Å². The van der Waals surface area contributed by atoms with Gasteiger partial charge in [0.05, 0.1) is 0 Å². The number of carbonyl (C=O) groups excluding carboxylic acids is 2. The molecule has 1 aliphatic heterocycles. The molecular formula is C6H4N2O4-2. The summed E-state index contributed by atoms with van der Waals surface area (Å²) in [7, 11) is 0. The van der Waals surface area contributed by atoms with Gasteiger partial charge < -0.3 is 19.8 Å². The number of carbonyl (C=O) groups is 2. The minimum atomic E-state index is -1.64. The first kappa shape index (κ1) is 8.12. The van der Waals surface area contributed by atoms with E-state index in [-0.39, 0.29) is 0 Å². The van der Waals surface area contributed by atoms with Crippen LogP contribution in [0.4, 0.5) is 9.59 Å². The summed E-state index contributed by atoms with van der Waals surface area (Å²) in [5.41, 5.74) is 0. The molecule has 0 N–H and O–H groups in total. The van der Waals surface area contributed by atoms with Crippen molar-refractivity contribution in [2.24, 2.45) is 0 Å². The highest BCUT2D eigenvalue weighted by molar-refractivity contribution is 5.71. The van der Waals surface area contributed by atoms with E-state index in [0.717, 1.165) is 12.4 Å². The van der Waals surface area contributed by atoms with Crippen LogP contribution in [-0.2, 0) is 0 Å². The Balaban J connectivity index is 2.85. The maximum atomic E-state index is 10.3. The monoisotopic (exact) mass is 168 g/mol. The lowest BCUT2D eigenvalue weighted by molar-refractivity contribution is -0.294. The van der Waals surface area contributed by atoms with Gasteiger partial charge in [-0.05, 0) is 12.2 Å². The highest BCUT2D eigenvalue weighted by Crippen LogP contribution is 2.04. The van der Waals surface area contributed by atoms with Gasteiger partial charge in [0.25, 0.3) is 0 Å². The normalized spacial score (nSPS) is 15.0. The van der Waals surface area contributed by atoms with Crippen molar-refractivity contribution in [3.05, 3.63) is 24.6 Å². The van der Waals surface area contributed by atoms with E-state index in [0.29, 0.717) is 10.0 Å². The summed E-state index contributed by atoms with van der Waals surface area (Å²) >= 11 is 0. The third-order valence-electron chi connectivity index (χ3n) is 1.17. The fourth-order valence-corrected chi connectivity index (χ4v) is 0.704. The van der Waals surface area contributed by atoms with Crippen LogP contribution >= 0.6 is 0 Å². The SMILES string of the molecule is O=C([O-])N1C=CC=CN1C(=O)[O-]. The number of amides is 2. The first-order valence-electron chi connectivity index (χ1n) is 2.98. The Labute approximate surface area is 67.6 Å². The topological polar surface area (TPSA) is 86.7 Å². The summed E-state index contributed by atoms with van der Waals surface area (Å²) in [6.07, 6.45) is 1.50. The molecule has 0 spiro atoms. The Morgan fingerprint density at radius 3 is 1.50 bits per heavy atom. The second-order valence-corrected chi connectivity index (χ2v) is 1.90. The van der Waals surface area contributed by atoms with Gasteiger partial charge in [0.2, 0.25) is 0 Å². The van der Waals surface area contributed by atoms with E-state index in [1.165, 1.54) is 12.2 Å². The van der Waals surface area contributed by atoms with E-state index in [9.17, 15) is 19.8 Å². The summed E-state index contributed by atoms with van der Waals surface area (Å²) in [6.45, 7) is 0. The van der Waals surface area contributed by atoms with E-state index in [4.69, 9.17) is 0 Å². The fraction of sp³-hybridized carbons (Fsp3) is 0. The summed E-state index contributed by atoms with van der Waals surface area (Å²) in [5, 5.41) is 21.3. The van der Waals surface area contributed by atoms with Crippen molar-refractivity contribution >= 4 is 12.2 Å². The summed E-state index contributed by atoms with van der Waals surface area (Å²) in [4.78, 5) is 20.5. The van der Waals surface area contributed by atoms with E-state index in [1.54, 1.807) is 0 Å². The first-order valence-corrected chi connectivity index (χ1v) is 2.98. The molecule has 0 aromatic rings. The van der Waals surface area contributed by atoms with Crippen molar-refractivity contribution in [2.75, 3.05) is 0 Å². The molecule has 0 unspecified atom stereocenters. The van der Waals surface area contributed by atoms with Gasteiger partial charge in [-0.1, -0.05) is 0 Å². The Morgan fingerprint density at radius 2 is 1.25 bits per heavy atom. The molecule has 64 valence electrons. The van der Waals surface area contributed by atoms with Crippen molar-refractivity contribution < 1.29 is 19.8 Å². The van der Waals surface area contributed by atoms with Crippen LogP contribution in [0.2, 0.25) is 0 Å². The molecule has 0 radical (unpaired) electrons. The summed E-state index contributed by atoms with van der Waals surface area (Å²) in [5.74, 6) is 0. The van der Waals surface area contributed by atoms with E-state index >= 15 is 0 Å². The molecule has 0 fully saturated rings. The highest BCUT2D eigenvalue weighted by Gasteiger charge is 2.11. The fourth-order valence-electron chi connectivity index (χ4n) is 0.704. The second kappa shape index (κ2) is 2.95. The molecule has 2 amide bonds. The standard InChI is InChI=1S/C6H6N2O4/c9-5(10)7-3-1-2-4-8(7)6(11)12/h1-4H,(H,9,10)(H,11,12)/p-2. The molecule has 0 aromatic heterocycles. The van der Waals surface area contributed by atoms with Crippen LogP contribution in [0.25, 0.3) is 0 Å². The van der Waals surface area contributed by atoms with Gasteiger partial charge in [0.15, 0.2) is 12.2 Å². The van der Waals surface area contributed by atoms with Crippen molar-refractivity contribution in [1.29, 1.82) is 0 Å². The van der Waals surface area contributed by atoms with Crippen LogP contribution in [0.1, 0.15) is 0 Å². The predicted molar refractivity (Wildman–Crippen MR) is 32.7 cm³/mol. The lowest BCUT2D eigenvalue weighted by atomic mass is 10.5. The third kappa shape index (κ3) is 1.36. The van der Waals surface area contributed by atoms with Crippen LogP contribution in [0, 0.1) is 0 Å². The highest BCUT2D eigenvalue weighted by atomic mass is 16.4. The molecule has 0 aromatic carbocycles. The Kier molecular flexibility index (Phi) is 2.00. The minimum Gasteiger partial charge on any atom is -0.528 e. The lowest BCUT2D eigenvalue weighted by Gasteiger charge is -2.34. The van der Waals surface area contributed by atoms with Gasteiger partial charge in [-0.15, -0.1) is 0 Å². The number of hydrazine groups is 1. The molecule has 6 heteroatoms. The molecule has 1 aliphatic rings. The maximum absolute atomic E-state index is 10.3. The smallest absolute Gasteiger partial charge is 0.161 e. The zero-order valence-corrected chi connectivity index (χ0v) is 5.84. The molecule has 0 bridgehead atoms. The minimum absolute atomic E-state index is 0.384. The van der Waals surface area contributed by atoms with Crippen molar-refractivity contribution in [3.63, 3.8) is 0 Å². The van der Waals surface area contributed by atoms with E-state index in [2.05, 4.69) is 0 Å². The quantitative estimate of drug-likeness (QED) is 0.428. The molecule has 0 aliphatic carbocycles. The number of allylic oxidation sites excluding steroid dienone is 2. The maximum Gasteiger partial charge on any atom is 0.161 e. The van der Waals surface area contributed by atoms with Crippen LogP contribution in [0.5, 0.6) is 0 Å². The van der Waals surface area contributed by atoms with Crippen molar-refractivity contribution in [2.45, 2.75) is 0 Å². The van der Waals surface area contributed by atoms with Crippen molar-refractivity contribution in [3.8, 4) is 0 Å². The third-order valence-corrected chi connectivity index (χ3v) is 1.17. The molecule has 6 nitrogen and oxygen atoms in total. The molecule has 0 saturated carbocycles. The van der Waals surface area contributed by atoms with Crippen LogP contribution in [0.3, 0.4) is 0 Å². The zero-order chi connectivity index (χ0) is 9.14. The number of nitrogens with zero attached hydrogens (tertiary/aromatic N) is 2. The first-order chi connectivity index (χ1) is 5.63. The average molecular weight is 168 g/mol. The molecule has 1 heterocycles. The van der Waals surface area contributed by atoms with Crippen LogP contribution < -0.4 is 10.2 Å². The second-order valence-electron chi connectivity index (χ2n) is 1.90. The van der Waals surface area contributed by atoms with E-state index < -0.39 is 12.2 Å². The van der Waals surface area contributed by atoms with Gasteiger partial charge in [-0.3, -0.25) is 0 Å². The zero-order valence-electron chi connectivity index (χ0n) is 5.84. The van der Waals surface area contributed by atoms with E-state index in [1.807, 2.05) is 0 Å². The molecule has 1 rings (SSSR count). The molecular weight excluding hydrogens is 164 g/mol. The number of carboxylic acid groups (broad SMARTS) is 2. The van der Waals surface area contributed by atoms with Crippen LogP contribution in [-0.4, -0.2) is 22.2 Å². The molecule has 12 heavy (non-hydrogen) atoms. The largest absolute Gasteiger partial charge is 0.528 e. The average Bonchev–Trinajstić information content (AvgIpc) is 2.04. The van der Waals surface area contributed by atoms with Gasteiger partial charge in [-0.25, -0.2) is 10.0 Å². The number of hydrogen-bond donors (Lipinski definition) is 0. The van der Waals surface area contributed by atoms with Crippen LogP contribution in [0.15, 0.2) is 24.6 Å². The Morgan fingerprint density at radius 1 is 0.917 bits per heavy atom. The predicted octanol–water partition coefficient (Wildman–Crippen LogP) is -1.77. The Hall–Kier alpha value is -1.98. The summed E-state index contributed by atoms with van der Waals surface area (Å²) < 4.78 is 0. The number of hydrogen-bond acceptors (Lipinski definition) is 4. The Bertz CT molecular complexity index is 243. The van der Waals surface area contributed by atoms with Gasteiger partial charge >= 0.3 is 0 Å². The van der Waals surface area contributed by atoms with Crippen molar-refractivity contribution in [1.82, 2.24) is 10.0 Å².